The van der Waals surface area contributed by atoms with Crippen LogP contribution in [0.25, 0.3) is 0 Å². The Balaban J connectivity index is 2.16. The van der Waals surface area contributed by atoms with Gasteiger partial charge in [0.15, 0.2) is 0 Å². The lowest BCUT2D eigenvalue weighted by molar-refractivity contribution is 0.142. The van der Waals surface area contributed by atoms with E-state index in [1.165, 1.54) is 37.8 Å². The second-order valence-electron chi connectivity index (χ2n) is 6.43. The van der Waals surface area contributed by atoms with Crippen LogP contribution in [-0.4, -0.2) is 30.1 Å². The van der Waals surface area contributed by atoms with E-state index in [0.29, 0.717) is 18.1 Å². The van der Waals surface area contributed by atoms with E-state index in [-0.39, 0.29) is 0 Å². The predicted molar refractivity (Wildman–Crippen MR) is 87.0 cm³/mol. The first kappa shape index (κ1) is 15.5. The number of likely N-dealkylation sites (tertiary alicyclic amines) is 1. The first-order valence-corrected chi connectivity index (χ1v) is 8.22. The average Bonchev–Trinajstić information content (AvgIpc) is 2.65. The van der Waals surface area contributed by atoms with Crippen molar-refractivity contribution in [2.45, 2.75) is 64.6 Å². The minimum absolute atomic E-state index is 0.506. The highest BCUT2D eigenvalue weighted by molar-refractivity contribution is 5.20. The smallest absolute Gasteiger partial charge is 0.0475 e. The van der Waals surface area contributed by atoms with Crippen LogP contribution in [0, 0.1) is 0 Å². The van der Waals surface area contributed by atoms with Gasteiger partial charge in [0.05, 0.1) is 0 Å². The highest BCUT2D eigenvalue weighted by atomic mass is 15.2. The number of rotatable bonds is 5. The van der Waals surface area contributed by atoms with Gasteiger partial charge in [-0.2, -0.15) is 0 Å². The van der Waals surface area contributed by atoms with Crippen molar-refractivity contribution in [2.24, 2.45) is 0 Å². The molecule has 0 aliphatic carbocycles. The van der Waals surface area contributed by atoms with E-state index in [9.17, 15) is 0 Å². The Morgan fingerprint density at radius 2 is 1.90 bits per heavy atom. The molecule has 0 spiro atoms. The Kier molecular flexibility index (Phi) is 6.06. The van der Waals surface area contributed by atoms with Crippen LogP contribution in [-0.2, 0) is 0 Å². The molecule has 1 aromatic carbocycles. The fraction of sp³-hybridized carbons (Fsp3) is 0.667. The number of nitrogens with zero attached hydrogens (tertiary/aromatic N) is 1. The molecule has 1 N–H and O–H groups in total. The molecule has 2 rings (SSSR count). The molecule has 0 saturated carbocycles. The highest BCUT2D eigenvalue weighted by Crippen LogP contribution is 2.27. The Bertz CT molecular complexity index is 374. The van der Waals surface area contributed by atoms with Gasteiger partial charge in [-0.15, -0.1) is 0 Å². The topological polar surface area (TPSA) is 15.3 Å². The normalized spacial score (nSPS) is 22.7. The lowest BCUT2D eigenvalue weighted by Gasteiger charge is -2.36. The SMILES string of the molecule is CC(C)NCC(c1ccccc1)N1CCCCCC1C. The molecule has 2 unspecified atom stereocenters. The summed E-state index contributed by atoms with van der Waals surface area (Å²) < 4.78 is 0. The van der Waals surface area contributed by atoms with Crippen molar-refractivity contribution in [3.63, 3.8) is 0 Å². The van der Waals surface area contributed by atoms with Crippen molar-refractivity contribution >= 4 is 0 Å². The summed E-state index contributed by atoms with van der Waals surface area (Å²) in [5, 5.41) is 3.64. The van der Waals surface area contributed by atoms with Crippen molar-refractivity contribution in [1.82, 2.24) is 10.2 Å². The molecule has 1 aliphatic heterocycles. The van der Waals surface area contributed by atoms with Crippen molar-refractivity contribution in [3.8, 4) is 0 Å². The molecule has 2 nitrogen and oxygen atoms in total. The molecule has 112 valence electrons. The van der Waals surface area contributed by atoms with Crippen LogP contribution in [0.5, 0.6) is 0 Å². The zero-order valence-electron chi connectivity index (χ0n) is 13.3. The number of benzene rings is 1. The van der Waals surface area contributed by atoms with Gasteiger partial charge in [0, 0.05) is 24.7 Å². The van der Waals surface area contributed by atoms with Gasteiger partial charge in [-0.05, 0) is 31.9 Å². The molecule has 0 aromatic heterocycles. The van der Waals surface area contributed by atoms with Gasteiger partial charge in [-0.3, -0.25) is 4.90 Å². The first-order chi connectivity index (χ1) is 9.68. The van der Waals surface area contributed by atoms with E-state index in [2.05, 4.69) is 61.3 Å². The Hall–Kier alpha value is -0.860. The monoisotopic (exact) mass is 274 g/mol. The van der Waals surface area contributed by atoms with Crippen molar-refractivity contribution < 1.29 is 0 Å². The summed E-state index contributed by atoms with van der Waals surface area (Å²) in [7, 11) is 0. The predicted octanol–water partition coefficient (Wildman–Crippen LogP) is 3.99. The van der Waals surface area contributed by atoms with Crippen LogP contribution in [0.15, 0.2) is 30.3 Å². The molecule has 1 heterocycles. The third kappa shape index (κ3) is 4.32. The molecule has 0 bridgehead atoms. The summed E-state index contributed by atoms with van der Waals surface area (Å²) in [6.45, 7) is 9.14. The van der Waals surface area contributed by atoms with Gasteiger partial charge in [-0.25, -0.2) is 0 Å². The van der Waals surface area contributed by atoms with Crippen LogP contribution in [0.1, 0.15) is 58.1 Å². The summed E-state index contributed by atoms with van der Waals surface area (Å²) >= 11 is 0. The number of hydrogen-bond donors (Lipinski definition) is 1. The molecule has 2 heteroatoms. The van der Waals surface area contributed by atoms with Crippen molar-refractivity contribution in [3.05, 3.63) is 35.9 Å². The third-order valence-corrected chi connectivity index (χ3v) is 4.41. The molecule has 1 fully saturated rings. The molecule has 20 heavy (non-hydrogen) atoms. The third-order valence-electron chi connectivity index (χ3n) is 4.41. The minimum Gasteiger partial charge on any atom is -0.313 e. The van der Waals surface area contributed by atoms with Gasteiger partial charge in [0.1, 0.15) is 0 Å². The minimum atomic E-state index is 0.506. The molecular weight excluding hydrogens is 244 g/mol. The van der Waals surface area contributed by atoms with E-state index in [1.807, 2.05) is 0 Å². The van der Waals surface area contributed by atoms with Crippen LogP contribution >= 0.6 is 0 Å². The molecule has 0 amide bonds. The van der Waals surface area contributed by atoms with Crippen LogP contribution < -0.4 is 5.32 Å². The molecular formula is C18H30N2. The maximum Gasteiger partial charge on any atom is 0.0475 e. The zero-order valence-corrected chi connectivity index (χ0v) is 13.3. The van der Waals surface area contributed by atoms with Gasteiger partial charge in [0.25, 0.3) is 0 Å². The van der Waals surface area contributed by atoms with Gasteiger partial charge in [-0.1, -0.05) is 57.0 Å². The average molecular weight is 274 g/mol. The second kappa shape index (κ2) is 7.80. The first-order valence-electron chi connectivity index (χ1n) is 8.22. The highest BCUT2D eigenvalue weighted by Gasteiger charge is 2.26. The number of hydrogen-bond acceptors (Lipinski definition) is 2. The van der Waals surface area contributed by atoms with Gasteiger partial charge in [0.2, 0.25) is 0 Å². The Morgan fingerprint density at radius 3 is 2.60 bits per heavy atom. The Labute approximate surface area is 124 Å². The molecule has 1 saturated heterocycles. The molecule has 1 aliphatic rings. The molecule has 1 aromatic rings. The zero-order chi connectivity index (χ0) is 14.4. The quantitative estimate of drug-likeness (QED) is 0.873. The molecule has 0 radical (unpaired) electrons. The standard InChI is InChI=1S/C18H30N2/c1-15(2)19-14-18(17-11-7-4-8-12-17)20-13-9-5-6-10-16(20)3/h4,7-8,11-12,15-16,18-19H,5-6,9-10,13-14H2,1-3H3. The lowest BCUT2D eigenvalue weighted by atomic mass is 10.0. The fourth-order valence-corrected chi connectivity index (χ4v) is 3.21. The Morgan fingerprint density at radius 1 is 1.15 bits per heavy atom. The fourth-order valence-electron chi connectivity index (χ4n) is 3.21. The lowest BCUT2D eigenvalue weighted by Crippen LogP contribution is -2.42. The van der Waals surface area contributed by atoms with Crippen LogP contribution in [0.4, 0.5) is 0 Å². The molecule has 2 atom stereocenters. The summed E-state index contributed by atoms with van der Waals surface area (Å²) in [6.07, 6.45) is 5.46. The van der Waals surface area contributed by atoms with E-state index >= 15 is 0 Å². The maximum atomic E-state index is 3.64. The summed E-state index contributed by atoms with van der Waals surface area (Å²) in [5.74, 6) is 0. The maximum absolute atomic E-state index is 3.64. The summed E-state index contributed by atoms with van der Waals surface area (Å²) in [6, 6.07) is 12.8. The van der Waals surface area contributed by atoms with E-state index in [1.54, 1.807) is 0 Å². The van der Waals surface area contributed by atoms with Crippen molar-refractivity contribution in [1.29, 1.82) is 0 Å². The van der Waals surface area contributed by atoms with E-state index < -0.39 is 0 Å². The van der Waals surface area contributed by atoms with Gasteiger partial charge < -0.3 is 5.32 Å². The largest absolute Gasteiger partial charge is 0.313 e. The number of nitrogens with one attached hydrogen (secondary N) is 1. The van der Waals surface area contributed by atoms with E-state index in [4.69, 9.17) is 0 Å². The summed E-state index contributed by atoms with van der Waals surface area (Å²) in [5.41, 5.74) is 1.45. The van der Waals surface area contributed by atoms with E-state index in [0.717, 1.165) is 6.54 Å². The van der Waals surface area contributed by atoms with Crippen LogP contribution in [0.2, 0.25) is 0 Å². The van der Waals surface area contributed by atoms with Gasteiger partial charge >= 0.3 is 0 Å². The summed E-state index contributed by atoms with van der Waals surface area (Å²) in [4.78, 5) is 2.72. The van der Waals surface area contributed by atoms with Crippen LogP contribution in [0.3, 0.4) is 0 Å². The second-order valence-corrected chi connectivity index (χ2v) is 6.43. The van der Waals surface area contributed by atoms with Crippen molar-refractivity contribution in [2.75, 3.05) is 13.1 Å².